The van der Waals surface area contributed by atoms with Crippen molar-refractivity contribution < 1.29 is 9.18 Å². The number of fused-ring (bicyclic) bond motifs is 1. The van der Waals surface area contributed by atoms with E-state index in [1.54, 1.807) is 24.3 Å². The molecule has 3 rings (SSSR count). The van der Waals surface area contributed by atoms with Gasteiger partial charge in [0.05, 0.1) is 17.2 Å². The molecule has 0 radical (unpaired) electrons. The fraction of sp³-hybridized carbons (Fsp3) is 0.0625. The molecule has 2 aromatic carbocycles. The van der Waals surface area contributed by atoms with Crippen molar-refractivity contribution in [3.05, 3.63) is 70.0 Å². The summed E-state index contributed by atoms with van der Waals surface area (Å²) < 4.78 is 14.3. The Labute approximate surface area is 135 Å². The van der Waals surface area contributed by atoms with Gasteiger partial charge in [-0.2, -0.15) is 0 Å². The molecule has 0 spiro atoms. The highest BCUT2D eigenvalue weighted by molar-refractivity contribution is 6.31. The van der Waals surface area contributed by atoms with Gasteiger partial charge < -0.3 is 5.32 Å². The maximum absolute atomic E-state index is 13.1. The molecular weight excluding hydrogens is 321 g/mol. The van der Waals surface area contributed by atoms with Crippen LogP contribution in [0, 0.1) is 5.82 Å². The van der Waals surface area contributed by atoms with Gasteiger partial charge in [-0.25, -0.2) is 9.37 Å². The van der Waals surface area contributed by atoms with Crippen LogP contribution in [0.25, 0.3) is 10.9 Å². The summed E-state index contributed by atoms with van der Waals surface area (Å²) in [5.41, 5.74) is 0.439. The van der Waals surface area contributed by atoms with Gasteiger partial charge in [0.25, 0.3) is 5.56 Å². The Morgan fingerprint density at radius 3 is 2.87 bits per heavy atom. The molecule has 0 saturated heterocycles. The van der Waals surface area contributed by atoms with Crippen molar-refractivity contribution in [2.24, 2.45) is 0 Å². The molecule has 3 aromatic rings. The zero-order chi connectivity index (χ0) is 16.4. The largest absolute Gasteiger partial charge is 0.324 e. The first-order chi connectivity index (χ1) is 11.0. The summed E-state index contributed by atoms with van der Waals surface area (Å²) in [4.78, 5) is 28.4. The zero-order valence-electron chi connectivity index (χ0n) is 11.8. The van der Waals surface area contributed by atoms with Crippen molar-refractivity contribution >= 4 is 34.1 Å². The van der Waals surface area contributed by atoms with Gasteiger partial charge in [0, 0.05) is 10.7 Å². The molecule has 23 heavy (non-hydrogen) atoms. The lowest BCUT2D eigenvalue weighted by Gasteiger charge is -2.08. The van der Waals surface area contributed by atoms with Gasteiger partial charge in [-0.1, -0.05) is 17.7 Å². The Morgan fingerprint density at radius 2 is 2.09 bits per heavy atom. The number of carbonyl (C=O) groups excluding carboxylic acids is 1. The van der Waals surface area contributed by atoms with Gasteiger partial charge in [0.1, 0.15) is 12.4 Å². The average Bonchev–Trinajstić information content (AvgIpc) is 2.50. The number of amides is 1. The van der Waals surface area contributed by atoms with Crippen LogP contribution in [-0.2, 0) is 11.3 Å². The predicted molar refractivity (Wildman–Crippen MR) is 86.0 cm³/mol. The van der Waals surface area contributed by atoms with Crippen LogP contribution in [0.1, 0.15) is 0 Å². The number of rotatable bonds is 3. The second-order valence-electron chi connectivity index (χ2n) is 4.90. The van der Waals surface area contributed by atoms with Crippen LogP contribution in [-0.4, -0.2) is 15.5 Å². The van der Waals surface area contributed by atoms with E-state index >= 15 is 0 Å². The van der Waals surface area contributed by atoms with Crippen molar-refractivity contribution in [2.75, 3.05) is 5.32 Å². The standard InChI is InChI=1S/C16H11ClFN3O2/c17-10-4-5-13-14(6-10)19-9-21(16(13)23)8-15(22)20-12-3-1-2-11(18)7-12/h1-7,9H,8H2,(H,20,22). The Bertz CT molecular complexity index is 955. The van der Waals surface area contributed by atoms with Crippen LogP contribution in [0.4, 0.5) is 10.1 Å². The number of aromatic nitrogens is 2. The molecule has 0 aliphatic heterocycles. The topological polar surface area (TPSA) is 64.0 Å². The molecular formula is C16H11ClFN3O2. The lowest BCUT2D eigenvalue weighted by molar-refractivity contribution is -0.116. The Hall–Kier alpha value is -2.73. The third-order valence-corrected chi connectivity index (χ3v) is 3.44. The second kappa shape index (κ2) is 6.18. The van der Waals surface area contributed by atoms with Crippen LogP contribution in [0.3, 0.4) is 0 Å². The predicted octanol–water partition coefficient (Wildman–Crippen LogP) is 2.83. The highest BCUT2D eigenvalue weighted by atomic mass is 35.5. The van der Waals surface area contributed by atoms with E-state index in [-0.39, 0.29) is 12.1 Å². The lowest BCUT2D eigenvalue weighted by Crippen LogP contribution is -2.27. The van der Waals surface area contributed by atoms with Crippen LogP contribution in [0.2, 0.25) is 5.02 Å². The van der Waals surface area contributed by atoms with E-state index in [2.05, 4.69) is 10.3 Å². The molecule has 0 atom stereocenters. The van der Waals surface area contributed by atoms with Gasteiger partial charge in [-0.15, -0.1) is 0 Å². The molecule has 5 nitrogen and oxygen atoms in total. The van der Waals surface area contributed by atoms with Gasteiger partial charge in [0.15, 0.2) is 0 Å². The molecule has 7 heteroatoms. The van der Waals surface area contributed by atoms with E-state index in [4.69, 9.17) is 11.6 Å². The number of hydrogen-bond donors (Lipinski definition) is 1. The monoisotopic (exact) mass is 331 g/mol. The molecule has 1 N–H and O–H groups in total. The molecule has 0 saturated carbocycles. The first kappa shape index (κ1) is 15.2. The first-order valence-corrected chi connectivity index (χ1v) is 7.11. The van der Waals surface area contributed by atoms with Crippen molar-refractivity contribution in [1.82, 2.24) is 9.55 Å². The quantitative estimate of drug-likeness (QED) is 0.802. The van der Waals surface area contributed by atoms with E-state index in [0.717, 1.165) is 0 Å². The van der Waals surface area contributed by atoms with E-state index < -0.39 is 11.7 Å². The van der Waals surface area contributed by atoms with Crippen LogP contribution < -0.4 is 10.9 Å². The normalized spacial score (nSPS) is 10.7. The van der Waals surface area contributed by atoms with Gasteiger partial charge in [-0.05, 0) is 36.4 Å². The molecule has 0 aliphatic carbocycles. The second-order valence-corrected chi connectivity index (χ2v) is 5.33. The third kappa shape index (κ3) is 3.37. The molecule has 0 aliphatic rings. The fourth-order valence-corrected chi connectivity index (χ4v) is 2.33. The summed E-state index contributed by atoms with van der Waals surface area (Å²) >= 11 is 5.85. The van der Waals surface area contributed by atoms with Crippen molar-refractivity contribution in [3.63, 3.8) is 0 Å². The van der Waals surface area contributed by atoms with Gasteiger partial charge in [0.2, 0.25) is 5.91 Å². The molecule has 0 bridgehead atoms. The summed E-state index contributed by atoms with van der Waals surface area (Å²) in [7, 11) is 0. The fourth-order valence-electron chi connectivity index (χ4n) is 2.17. The smallest absolute Gasteiger partial charge is 0.261 e. The zero-order valence-corrected chi connectivity index (χ0v) is 12.5. The minimum Gasteiger partial charge on any atom is -0.324 e. The van der Waals surface area contributed by atoms with Crippen molar-refractivity contribution in [2.45, 2.75) is 6.54 Å². The lowest BCUT2D eigenvalue weighted by atomic mass is 10.2. The third-order valence-electron chi connectivity index (χ3n) is 3.21. The molecule has 0 unspecified atom stereocenters. The summed E-state index contributed by atoms with van der Waals surface area (Å²) in [6.45, 7) is -0.221. The van der Waals surface area contributed by atoms with Crippen LogP contribution in [0.15, 0.2) is 53.6 Å². The van der Waals surface area contributed by atoms with E-state index in [1.807, 2.05) is 0 Å². The molecule has 116 valence electrons. The van der Waals surface area contributed by atoms with E-state index in [1.165, 1.54) is 29.1 Å². The maximum Gasteiger partial charge on any atom is 0.261 e. The number of hydrogen-bond acceptors (Lipinski definition) is 3. The number of nitrogens with one attached hydrogen (secondary N) is 1. The minimum atomic E-state index is -0.454. The minimum absolute atomic E-state index is 0.221. The number of benzene rings is 2. The SMILES string of the molecule is O=C(Cn1cnc2cc(Cl)ccc2c1=O)Nc1cccc(F)c1. The molecule has 1 amide bonds. The maximum atomic E-state index is 13.1. The number of halogens is 2. The van der Waals surface area contributed by atoms with Crippen LogP contribution in [0.5, 0.6) is 0 Å². The Balaban J connectivity index is 1.84. The van der Waals surface area contributed by atoms with Crippen molar-refractivity contribution in [1.29, 1.82) is 0 Å². The van der Waals surface area contributed by atoms with Crippen molar-refractivity contribution in [3.8, 4) is 0 Å². The number of nitrogens with zero attached hydrogens (tertiary/aromatic N) is 2. The first-order valence-electron chi connectivity index (χ1n) is 6.73. The summed E-state index contributed by atoms with van der Waals surface area (Å²) in [5, 5.41) is 3.38. The Kier molecular flexibility index (Phi) is 4.08. The molecule has 1 heterocycles. The summed E-state index contributed by atoms with van der Waals surface area (Å²) in [6, 6.07) is 10.2. The van der Waals surface area contributed by atoms with Gasteiger partial charge >= 0.3 is 0 Å². The molecule has 1 aromatic heterocycles. The average molecular weight is 332 g/mol. The highest BCUT2D eigenvalue weighted by Gasteiger charge is 2.09. The summed E-state index contributed by atoms with van der Waals surface area (Å²) in [6.07, 6.45) is 1.28. The molecule has 0 fully saturated rings. The number of carbonyl (C=O) groups is 1. The van der Waals surface area contributed by atoms with E-state index in [9.17, 15) is 14.0 Å². The summed E-state index contributed by atoms with van der Waals surface area (Å²) in [5.74, 6) is -0.906. The Morgan fingerprint density at radius 1 is 1.26 bits per heavy atom. The highest BCUT2D eigenvalue weighted by Crippen LogP contribution is 2.14. The van der Waals surface area contributed by atoms with Crippen LogP contribution >= 0.6 is 11.6 Å². The van der Waals surface area contributed by atoms with Gasteiger partial charge in [-0.3, -0.25) is 14.2 Å². The number of anilines is 1. The van der Waals surface area contributed by atoms with E-state index in [0.29, 0.717) is 21.6 Å².